The van der Waals surface area contributed by atoms with E-state index in [-0.39, 0.29) is 5.60 Å². The second-order valence-electron chi connectivity index (χ2n) is 8.74. The van der Waals surface area contributed by atoms with Crippen LogP contribution in [0.2, 0.25) is 5.31 Å². The van der Waals surface area contributed by atoms with E-state index in [0.717, 1.165) is 30.8 Å². The molecule has 0 aromatic rings. The molecule has 1 saturated carbocycles. The van der Waals surface area contributed by atoms with Gasteiger partial charge in [0.05, 0.1) is 5.60 Å². The average molecular weight is 276 g/mol. The maximum atomic E-state index is 6.21. The van der Waals surface area contributed by atoms with E-state index in [1.807, 2.05) is 0 Å². The summed E-state index contributed by atoms with van der Waals surface area (Å²) in [5, 5.41) is 0.380. The fraction of sp³-hybridized carbons (Fsp3) is 0.889. The number of ether oxygens (including phenoxy) is 1. The van der Waals surface area contributed by atoms with E-state index in [1.165, 1.54) is 32.1 Å². The second kappa shape index (κ2) is 6.26. The highest BCUT2D eigenvalue weighted by Crippen LogP contribution is 2.56. The zero-order chi connectivity index (χ0) is 14.8. The van der Waals surface area contributed by atoms with Gasteiger partial charge in [-0.05, 0) is 70.1 Å². The summed E-state index contributed by atoms with van der Waals surface area (Å²) in [7, 11) is 2.29. The Bertz CT molecular complexity index is 324. The molecule has 2 rings (SSSR count). The van der Waals surface area contributed by atoms with Crippen LogP contribution in [0.15, 0.2) is 12.2 Å². The lowest BCUT2D eigenvalue weighted by Gasteiger charge is -2.28. The van der Waals surface area contributed by atoms with Crippen molar-refractivity contribution in [1.29, 1.82) is 0 Å². The Labute approximate surface area is 127 Å². The van der Waals surface area contributed by atoms with Gasteiger partial charge < -0.3 is 4.74 Å². The average Bonchev–Trinajstić information content (AvgIpc) is 2.84. The van der Waals surface area contributed by atoms with Gasteiger partial charge in [-0.3, -0.25) is 0 Å². The molecule has 0 bridgehead atoms. The van der Waals surface area contributed by atoms with Crippen LogP contribution in [-0.4, -0.2) is 20.1 Å². The first-order valence-corrected chi connectivity index (χ1v) is 8.57. The first-order chi connectivity index (χ1) is 9.29. The van der Waals surface area contributed by atoms with Crippen LogP contribution >= 0.6 is 0 Å². The van der Waals surface area contributed by atoms with Gasteiger partial charge in [0.1, 0.15) is 7.85 Å². The molecule has 3 atom stereocenters. The third kappa shape index (κ3) is 4.95. The minimum atomic E-state index is 0.0599. The third-order valence-corrected chi connectivity index (χ3v) is 5.08. The molecule has 0 saturated heterocycles. The molecule has 0 aromatic carbocycles. The Kier molecular flexibility index (Phi) is 5.05. The highest BCUT2D eigenvalue weighted by molar-refractivity contribution is 6.14. The molecule has 0 amide bonds. The fourth-order valence-electron chi connectivity index (χ4n) is 3.76. The smallest absolute Gasteiger partial charge is 0.108 e. The second-order valence-corrected chi connectivity index (χ2v) is 8.74. The lowest BCUT2D eigenvalue weighted by Crippen LogP contribution is -2.27. The van der Waals surface area contributed by atoms with Crippen molar-refractivity contribution < 1.29 is 4.74 Å². The summed E-state index contributed by atoms with van der Waals surface area (Å²) in [5.41, 5.74) is 0.0599. The monoisotopic (exact) mass is 276 g/mol. The van der Waals surface area contributed by atoms with Gasteiger partial charge in [0, 0.05) is 6.61 Å². The Balaban J connectivity index is 1.75. The number of allylic oxidation sites excluding steroid dienone is 2. The summed E-state index contributed by atoms with van der Waals surface area (Å²) in [5.74, 6) is 2.91. The molecule has 1 nitrogen and oxygen atoms in total. The Morgan fingerprint density at radius 1 is 1.05 bits per heavy atom. The fourth-order valence-corrected chi connectivity index (χ4v) is 3.76. The van der Waals surface area contributed by atoms with Gasteiger partial charge >= 0.3 is 0 Å². The normalized spacial score (nSPS) is 32.1. The molecule has 0 heterocycles. The van der Waals surface area contributed by atoms with Crippen LogP contribution in [0.1, 0.15) is 66.2 Å². The number of fused-ring (bicyclic) bond motifs is 1. The number of hydrogen-bond acceptors (Lipinski definition) is 1. The zero-order valence-electron chi connectivity index (χ0n) is 14.2. The summed E-state index contributed by atoms with van der Waals surface area (Å²) in [6.45, 7) is 10.1. The predicted molar refractivity (Wildman–Crippen MR) is 89.9 cm³/mol. The van der Waals surface area contributed by atoms with Gasteiger partial charge in [-0.25, -0.2) is 0 Å². The van der Waals surface area contributed by atoms with Crippen molar-refractivity contribution in [3.05, 3.63) is 12.2 Å². The van der Waals surface area contributed by atoms with Crippen molar-refractivity contribution in [2.75, 3.05) is 6.61 Å². The highest BCUT2D eigenvalue weighted by Gasteiger charge is 2.50. The van der Waals surface area contributed by atoms with Gasteiger partial charge in [0.25, 0.3) is 0 Å². The van der Waals surface area contributed by atoms with Crippen LogP contribution < -0.4 is 0 Å². The van der Waals surface area contributed by atoms with Crippen molar-refractivity contribution in [3.8, 4) is 0 Å². The van der Waals surface area contributed by atoms with Gasteiger partial charge in [0.15, 0.2) is 0 Å². The lowest BCUT2D eigenvalue weighted by molar-refractivity contribution is -0.0323. The number of hydrogen-bond donors (Lipinski definition) is 0. The van der Waals surface area contributed by atoms with Crippen LogP contribution in [0.3, 0.4) is 0 Å². The lowest BCUT2D eigenvalue weighted by atomic mass is 9.70. The molecule has 2 aliphatic rings. The zero-order valence-corrected chi connectivity index (χ0v) is 14.2. The van der Waals surface area contributed by atoms with E-state index in [1.54, 1.807) is 0 Å². The Morgan fingerprint density at radius 3 is 2.10 bits per heavy atom. The van der Waals surface area contributed by atoms with Gasteiger partial charge in [0.2, 0.25) is 0 Å². The third-order valence-electron chi connectivity index (χ3n) is 5.08. The summed E-state index contributed by atoms with van der Waals surface area (Å²) >= 11 is 0. The summed E-state index contributed by atoms with van der Waals surface area (Å²) in [4.78, 5) is 0. The van der Waals surface area contributed by atoms with Gasteiger partial charge in [-0.15, -0.1) is 0 Å². The van der Waals surface area contributed by atoms with E-state index in [4.69, 9.17) is 4.74 Å². The molecular formula is C18H33BO. The summed E-state index contributed by atoms with van der Waals surface area (Å²) < 4.78 is 6.21. The Morgan fingerprint density at radius 2 is 1.60 bits per heavy atom. The standard InChI is InChI=1S/C18H33BO/c1-17(2,19)11-12-20-18(3,4)13-16-14-9-7-5-6-8-10-15(14)16/h5-6,14-16H,7-13,19H2,1-4H3/b6-5+/t14-,15+,16-. The quantitative estimate of drug-likeness (QED) is 0.516. The molecule has 0 spiro atoms. The van der Waals surface area contributed by atoms with Crippen LogP contribution in [0, 0.1) is 17.8 Å². The van der Waals surface area contributed by atoms with E-state index in [2.05, 4.69) is 47.7 Å². The first kappa shape index (κ1) is 16.1. The van der Waals surface area contributed by atoms with E-state index in [0.29, 0.717) is 5.31 Å². The van der Waals surface area contributed by atoms with Crippen molar-refractivity contribution in [3.63, 3.8) is 0 Å². The minimum Gasteiger partial charge on any atom is -0.376 e. The molecule has 0 unspecified atom stereocenters. The number of rotatable bonds is 6. The molecular weight excluding hydrogens is 243 g/mol. The van der Waals surface area contributed by atoms with Gasteiger partial charge in [-0.2, -0.15) is 0 Å². The van der Waals surface area contributed by atoms with E-state index in [9.17, 15) is 0 Å². The minimum absolute atomic E-state index is 0.0599. The van der Waals surface area contributed by atoms with E-state index >= 15 is 0 Å². The van der Waals surface area contributed by atoms with Crippen LogP contribution in [0.5, 0.6) is 0 Å². The molecule has 114 valence electrons. The van der Waals surface area contributed by atoms with Crippen molar-refractivity contribution in [1.82, 2.24) is 0 Å². The predicted octanol–water partition coefficient (Wildman–Crippen LogP) is 4.39. The first-order valence-electron chi connectivity index (χ1n) is 8.57. The highest BCUT2D eigenvalue weighted by atomic mass is 16.5. The maximum absolute atomic E-state index is 6.21. The van der Waals surface area contributed by atoms with Crippen LogP contribution in [0.25, 0.3) is 0 Å². The van der Waals surface area contributed by atoms with Gasteiger partial charge in [-0.1, -0.05) is 31.3 Å². The molecule has 0 aromatic heterocycles. The van der Waals surface area contributed by atoms with E-state index < -0.39 is 0 Å². The van der Waals surface area contributed by atoms with Crippen molar-refractivity contribution in [2.24, 2.45) is 17.8 Å². The van der Waals surface area contributed by atoms with Crippen LogP contribution in [-0.2, 0) is 4.74 Å². The molecule has 20 heavy (non-hydrogen) atoms. The maximum Gasteiger partial charge on any atom is 0.108 e. The SMILES string of the molecule is BC(C)(C)CCOC(C)(C)C[C@@H]1[C@@H]2CC/C=C/CC[C@@H]21. The molecule has 0 radical (unpaired) electrons. The summed E-state index contributed by atoms with van der Waals surface area (Å²) in [6.07, 6.45) is 12.6. The largest absolute Gasteiger partial charge is 0.376 e. The summed E-state index contributed by atoms with van der Waals surface area (Å²) in [6, 6.07) is 0. The molecule has 2 heteroatoms. The molecule has 0 N–H and O–H groups in total. The van der Waals surface area contributed by atoms with Crippen LogP contribution in [0.4, 0.5) is 0 Å². The molecule has 2 aliphatic carbocycles. The molecule has 0 aliphatic heterocycles. The molecule has 1 fully saturated rings. The van der Waals surface area contributed by atoms with Crippen molar-refractivity contribution in [2.45, 2.75) is 77.1 Å². The topological polar surface area (TPSA) is 9.23 Å². The Hall–Kier alpha value is -0.235. The van der Waals surface area contributed by atoms with Crippen molar-refractivity contribution >= 4 is 7.85 Å².